The van der Waals surface area contributed by atoms with Gasteiger partial charge in [-0.15, -0.1) is 0 Å². The molecule has 0 heteroatoms. The fraction of sp³-hybridized carbons (Fsp3) is 0.0625. The number of hydrogen-bond acceptors (Lipinski definition) is 0. The summed E-state index contributed by atoms with van der Waals surface area (Å²) in [5.74, 6) is 0. The van der Waals surface area contributed by atoms with E-state index in [0.29, 0.717) is 0 Å². The molecule has 5 aromatic carbocycles. The summed E-state index contributed by atoms with van der Waals surface area (Å²) < 4.78 is 0. The van der Waals surface area contributed by atoms with Crippen LogP contribution in [0.25, 0.3) is 22.3 Å². The lowest BCUT2D eigenvalue weighted by molar-refractivity contribution is 1.09. The Morgan fingerprint density at radius 1 is 0.312 bits per heavy atom. The lowest BCUT2D eigenvalue weighted by Gasteiger charge is -2.20. The van der Waals surface area contributed by atoms with Crippen molar-refractivity contribution in [3.8, 4) is 22.3 Å². The third-order valence-electron chi connectivity index (χ3n) is 6.05. The maximum Gasteiger partial charge on any atom is -0.00165 e. The van der Waals surface area contributed by atoms with Crippen LogP contribution >= 0.6 is 0 Å². The number of hydrogen-bond donors (Lipinski definition) is 0. The van der Waals surface area contributed by atoms with Gasteiger partial charge in [-0.2, -0.15) is 0 Å². The van der Waals surface area contributed by atoms with Gasteiger partial charge in [-0.3, -0.25) is 0 Å². The highest BCUT2D eigenvalue weighted by molar-refractivity contribution is 5.78. The minimum atomic E-state index is 0.911. The fourth-order valence-corrected chi connectivity index (χ4v) is 4.47. The van der Waals surface area contributed by atoms with E-state index in [0.717, 1.165) is 12.8 Å². The zero-order valence-electron chi connectivity index (χ0n) is 18.1. The van der Waals surface area contributed by atoms with Gasteiger partial charge >= 0.3 is 0 Å². The fourth-order valence-electron chi connectivity index (χ4n) is 4.47. The highest BCUT2D eigenvalue weighted by Crippen LogP contribution is 2.36. The van der Waals surface area contributed by atoms with Gasteiger partial charge in [0.2, 0.25) is 0 Å². The lowest BCUT2D eigenvalue weighted by atomic mass is 9.84. The van der Waals surface area contributed by atoms with E-state index in [2.05, 4.69) is 133 Å². The molecular weight excluding hydrogens is 384 g/mol. The topological polar surface area (TPSA) is 0 Å². The van der Waals surface area contributed by atoms with E-state index in [9.17, 15) is 0 Å². The summed E-state index contributed by atoms with van der Waals surface area (Å²) in [4.78, 5) is 0. The normalized spacial score (nSPS) is 10.8. The molecule has 0 aromatic heterocycles. The van der Waals surface area contributed by atoms with Crippen LogP contribution in [0.3, 0.4) is 0 Å². The van der Waals surface area contributed by atoms with Gasteiger partial charge < -0.3 is 0 Å². The van der Waals surface area contributed by atoms with Crippen molar-refractivity contribution in [2.45, 2.75) is 12.8 Å². The molecule has 5 rings (SSSR count). The Hall–Kier alpha value is -3.90. The van der Waals surface area contributed by atoms with Gasteiger partial charge in [-0.05, 0) is 57.3 Å². The Bertz CT molecular complexity index is 1170. The minimum absolute atomic E-state index is 0.911. The molecule has 0 bridgehead atoms. The average molecular weight is 411 g/mol. The van der Waals surface area contributed by atoms with Gasteiger partial charge in [0.15, 0.2) is 0 Å². The Morgan fingerprint density at radius 2 is 0.625 bits per heavy atom. The second-order valence-electron chi connectivity index (χ2n) is 8.17. The molecule has 0 spiro atoms. The summed E-state index contributed by atoms with van der Waals surface area (Å²) >= 11 is 0. The molecule has 0 aliphatic carbocycles. The van der Waals surface area contributed by atoms with E-state index >= 15 is 0 Å². The summed E-state index contributed by atoms with van der Waals surface area (Å²) in [7, 11) is 0. The van der Waals surface area contributed by atoms with Crippen molar-refractivity contribution < 1.29 is 0 Å². The maximum atomic E-state index is 2.31. The van der Waals surface area contributed by atoms with Crippen LogP contribution in [0.5, 0.6) is 0 Å². The van der Waals surface area contributed by atoms with Crippen molar-refractivity contribution >= 4 is 0 Å². The van der Waals surface area contributed by atoms with E-state index in [1.165, 1.54) is 44.5 Å². The van der Waals surface area contributed by atoms with Crippen molar-refractivity contribution in [2.24, 2.45) is 0 Å². The van der Waals surface area contributed by atoms with Crippen LogP contribution in [0.2, 0.25) is 0 Å². The summed E-state index contributed by atoms with van der Waals surface area (Å²) in [6.45, 7) is 0. The second kappa shape index (κ2) is 9.49. The van der Waals surface area contributed by atoms with Crippen LogP contribution < -0.4 is 0 Å². The van der Waals surface area contributed by atoms with Crippen molar-refractivity contribution in [1.29, 1.82) is 0 Å². The van der Waals surface area contributed by atoms with Crippen LogP contribution in [0.1, 0.15) is 22.3 Å². The summed E-state index contributed by atoms with van der Waals surface area (Å²) in [5, 5.41) is 0. The molecule has 32 heavy (non-hydrogen) atoms. The van der Waals surface area contributed by atoms with Crippen molar-refractivity contribution in [3.05, 3.63) is 156 Å². The van der Waals surface area contributed by atoms with Gasteiger partial charge in [0.1, 0.15) is 0 Å². The van der Waals surface area contributed by atoms with Crippen LogP contribution in [-0.2, 0) is 12.8 Å². The maximum absolute atomic E-state index is 2.31. The first kappa shape index (κ1) is 20.0. The van der Waals surface area contributed by atoms with Crippen LogP contribution in [0.15, 0.2) is 133 Å². The molecule has 0 fully saturated rings. The largest absolute Gasteiger partial charge is 0.0622 e. The van der Waals surface area contributed by atoms with Gasteiger partial charge in [0, 0.05) is 0 Å². The molecule has 0 aliphatic heterocycles. The average Bonchev–Trinajstić information content (AvgIpc) is 2.87. The molecule has 0 saturated heterocycles. The summed E-state index contributed by atoms with van der Waals surface area (Å²) in [5.41, 5.74) is 10.7. The van der Waals surface area contributed by atoms with E-state index < -0.39 is 0 Å². The Morgan fingerprint density at radius 3 is 0.969 bits per heavy atom. The molecule has 5 aromatic rings. The Balaban J connectivity index is 1.75. The molecule has 0 nitrogen and oxygen atoms in total. The van der Waals surface area contributed by atoms with Gasteiger partial charge in [-0.1, -0.05) is 133 Å². The minimum Gasteiger partial charge on any atom is -0.0622 e. The van der Waals surface area contributed by atoms with Crippen LogP contribution in [-0.4, -0.2) is 0 Å². The Labute approximate surface area is 190 Å². The van der Waals surface area contributed by atoms with Crippen LogP contribution in [0, 0.1) is 0 Å². The molecule has 0 unspecified atom stereocenters. The molecule has 0 atom stereocenters. The first-order chi connectivity index (χ1) is 15.9. The predicted octanol–water partition coefficient (Wildman–Crippen LogP) is 8.20. The van der Waals surface area contributed by atoms with E-state index in [1.54, 1.807) is 0 Å². The first-order valence-electron chi connectivity index (χ1n) is 11.2. The molecule has 0 aliphatic rings. The summed E-state index contributed by atoms with van der Waals surface area (Å²) in [6, 6.07) is 47.8. The van der Waals surface area contributed by atoms with Crippen molar-refractivity contribution in [1.82, 2.24) is 0 Å². The predicted molar refractivity (Wildman–Crippen MR) is 136 cm³/mol. The number of rotatable bonds is 6. The highest BCUT2D eigenvalue weighted by Gasteiger charge is 2.17. The molecular formula is C32H26. The lowest BCUT2D eigenvalue weighted by Crippen LogP contribution is -2.03. The SMILES string of the molecule is c1ccc(Cc2c(-c3ccccc3)ccc(-c3ccccc3)c2Cc2ccccc2)cc1. The van der Waals surface area contributed by atoms with Crippen LogP contribution in [0.4, 0.5) is 0 Å². The van der Waals surface area contributed by atoms with Gasteiger partial charge in [0.25, 0.3) is 0 Å². The highest BCUT2D eigenvalue weighted by atomic mass is 14.2. The smallest absolute Gasteiger partial charge is 0.00165 e. The zero-order chi connectivity index (χ0) is 21.6. The summed E-state index contributed by atoms with van der Waals surface area (Å²) in [6.07, 6.45) is 1.82. The molecule has 0 radical (unpaired) electrons. The third kappa shape index (κ3) is 4.40. The quantitative estimate of drug-likeness (QED) is 0.265. The van der Waals surface area contributed by atoms with E-state index in [1.807, 2.05) is 0 Å². The van der Waals surface area contributed by atoms with Crippen molar-refractivity contribution in [2.75, 3.05) is 0 Å². The molecule has 0 heterocycles. The van der Waals surface area contributed by atoms with E-state index in [4.69, 9.17) is 0 Å². The second-order valence-corrected chi connectivity index (χ2v) is 8.17. The monoisotopic (exact) mass is 410 g/mol. The molecule has 0 saturated carbocycles. The number of benzene rings is 5. The first-order valence-corrected chi connectivity index (χ1v) is 11.2. The van der Waals surface area contributed by atoms with Crippen molar-refractivity contribution in [3.63, 3.8) is 0 Å². The molecule has 0 amide bonds. The Kier molecular flexibility index (Phi) is 5.94. The molecule has 154 valence electrons. The van der Waals surface area contributed by atoms with E-state index in [-0.39, 0.29) is 0 Å². The third-order valence-corrected chi connectivity index (χ3v) is 6.05. The standard InChI is InChI=1S/C32H26/c1-5-13-25(14-6-1)23-31-29(27-17-9-3-10-18-27)21-22-30(28-19-11-4-12-20-28)32(31)24-26-15-7-2-8-16-26/h1-22H,23-24H2. The molecule has 0 N–H and O–H groups in total. The van der Waals surface area contributed by atoms with Gasteiger partial charge in [0.05, 0.1) is 0 Å². The van der Waals surface area contributed by atoms with Gasteiger partial charge in [-0.25, -0.2) is 0 Å². The zero-order valence-corrected chi connectivity index (χ0v) is 18.1.